The summed E-state index contributed by atoms with van der Waals surface area (Å²) in [6.45, 7) is 0. The van der Waals surface area contributed by atoms with Crippen LogP contribution in [0.2, 0.25) is 5.02 Å². The SMILES string of the molecule is COC(=O)c1ccc(CSc2nc3c(-c4ccc(Cl)cc4)cnn3c(=O)[nH]2)cc1. The quantitative estimate of drug-likeness (QED) is 0.385. The average molecular weight is 427 g/mol. The number of ether oxygens (including phenoxy) is 1. The molecule has 0 aliphatic rings. The molecular weight excluding hydrogens is 412 g/mol. The molecule has 7 nitrogen and oxygen atoms in total. The van der Waals surface area contributed by atoms with Crippen LogP contribution < -0.4 is 5.69 Å². The van der Waals surface area contributed by atoms with Gasteiger partial charge in [-0.15, -0.1) is 0 Å². The van der Waals surface area contributed by atoms with Gasteiger partial charge in [0.1, 0.15) is 0 Å². The van der Waals surface area contributed by atoms with E-state index in [2.05, 4.69) is 15.1 Å². The first-order valence-corrected chi connectivity index (χ1v) is 9.95. The van der Waals surface area contributed by atoms with Crippen molar-refractivity contribution in [1.82, 2.24) is 19.6 Å². The third-order valence-electron chi connectivity index (χ3n) is 4.26. The predicted octanol–water partition coefficient (Wildman–Crippen LogP) is 3.82. The summed E-state index contributed by atoms with van der Waals surface area (Å²) in [4.78, 5) is 31.2. The smallest absolute Gasteiger partial charge is 0.350 e. The van der Waals surface area contributed by atoms with Gasteiger partial charge in [0, 0.05) is 16.3 Å². The maximum Gasteiger partial charge on any atom is 0.350 e. The maximum atomic E-state index is 12.4. The van der Waals surface area contributed by atoms with E-state index in [4.69, 9.17) is 16.3 Å². The number of halogens is 1. The number of aromatic nitrogens is 4. The number of aromatic amines is 1. The molecule has 1 N–H and O–H groups in total. The molecule has 2 aromatic heterocycles. The molecule has 0 spiro atoms. The fourth-order valence-electron chi connectivity index (χ4n) is 2.77. The summed E-state index contributed by atoms with van der Waals surface area (Å²) in [6.07, 6.45) is 1.61. The van der Waals surface area contributed by atoms with Crippen molar-refractivity contribution in [2.24, 2.45) is 0 Å². The Morgan fingerprint density at radius 1 is 1.17 bits per heavy atom. The highest BCUT2D eigenvalue weighted by molar-refractivity contribution is 7.98. The Labute approximate surface area is 174 Å². The Morgan fingerprint density at radius 3 is 2.59 bits per heavy atom. The molecule has 0 amide bonds. The van der Waals surface area contributed by atoms with E-state index in [1.807, 2.05) is 24.3 Å². The summed E-state index contributed by atoms with van der Waals surface area (Å²) >= 11 is 7.34. The lowest BCUT2D eigenvalue weighted by atomic mass is 10.1. The highest BCUT2D eigenvalue weighted by Gasteiger charge is 2.13. The number of carbonyl (C=O) groups is 1. The van der Waals surface area contributed by atoms with E-state index in [0.717, 1.165) is 16.7 Å². The zero-order valence-electron chi connectivity index (χ0n) is 15.3. The van der Waals surface area contributed by atoms with Crippen molar-refractivity contribution in [3.8, 4) is 11.1 Å². The van der Waals surface area contributed by atoms with Crippen molar-refractivity contribution in [2.45, 2.75) is 10.9 Å². The topological polar surface area (TPSA) is 89.3 Å². The summed E-state index contributed by atoms with van der Waals surface area (Å²) in [5.41, 5.74) is 3.20. The largest absolute Gasteiger partial charge is 0.465 e. The van der Waals surface area contributed by atoms with Gasteiger partial charge in [-0.25, -0.2) is 14.6 Å². The number of esters is 1. The van der Waals surface area contributed by atoms with Crippen molar-refractivity contribution in [3.05, 3.63) is 81.4 Å². The van der Waals surface area contributed by atoms with E-state index in [1.54, 1.807) is 30.5 Å². The molecule has 0 bridgehead atoms. The lowest BCUT2D eigenvalue weighted by Gasteiger charge is -2.04. The molecule has 4 aromatic rings. The van der Waals surface area contributed by atoms with E-state index in [-0.39, 0.29) is 11.7 Å². The second kappa shape index (κ2) is 8.10. The lowest BCUT2D eigenvalue weighted by molar-refractivity contribution is 0.0600. The first-order chi connectivity index (χ1) is 14.0. The molecule has 146 valence electrons. The first kappa shape index (κ1) is 19.2. The van der Waals surface area contributed by atoms with Crippen LogP contribution in [0.5, 0.6) is 0 Å². The Hall–Kier alpha value is -3.10. The van der Waals surface area contributed by atoms with Gasteiger partial charge in [-0.05, 0) is 35.4 Å². The summed E-state index contributed by atoms with van der Waals surface area (Å²) in [6, 6.07) is 14.4. The van der Waals surface area contributed by atoms with Gasteiger partial charge in [-0.2, -0.15) is 9.61 Å². The second-order valence-corrected chi connectivity index (χ2v) is 7.53. The number of nitrogens with zero attached hydrogens (tertiary/aromatic N) is 3. The normalized spacial score (nSPS) is 11.0. The number of rotatable bonds is 5. The molecule has 9 heteroatoms. The number of carbonyl (C=O) groups excluding carboxylic acids is 1. The minimum absolute atomic E-state index is 0.362. The Balaban J connectivity index is 1.59. The minimum atomic E-state index is -0.379. The highest BCUT2D eigenvalue weighted by Crippen LogP contribution is 2.26. The third-order valence-corrected chi connectivity index (χ3v) is 5.46. The third kappa shape index (κ3) is 4.03. The molecule has 2 heterocycles. The van der Waals surface area contributed by atoms with Crippen LogP contribution in [0.1, 0.15) is 15.9 Å². The van der Waals surface area contributed by atoms with E-state index in [0.29, 0.717) is 27.1 Å². The van der Waals surface area contributed by atoms with Gasteiger partial charge in [-0.3, -0.25) is 4.98 Å². The molecule has 0 fully saturated rings. The van der Waals surface area contributed by atoms with Crippen LogP contribution in [0.25, 0.3) is 16.8 Å². The van der Waals surface area contributed by atoms with Crippen molar-refractivity contribution >= 4 is 35.0 Å². The van der Waals surface area contributed by atoms with Crippen LogP contribution >= 0.6 is 23.4 Å². The fourth-order valence-corrected chi connectivity index (χ4v) is 3.71. The number of hydrogen-bond acceptors (Lipinski definition) is 6. The number of nitrogens with one attached hydrogen (secondary N) is 1. The number of hydrogen-bond donors (Lipinski definition) is 1. The number of methoxy groups -OCH3 is 1. The standard InChI is InChI=1S/C20H15ClN4O3S/c1-28-18(26)14-4-2-12(3-5-14)11-29-19-23-17-16(10-22-25(17)20(27)24-19)13-6-8-15(21)9-7-13/h2-10H,11H2,1H3,(H,23,24,27). The predicted molar refractivity (Wildman–Crippen MR) is 111 cm³/mol. The number of thioether (sulfide) groups is 1. The number of H-pyrrole nitrogens is 1. The van der Waals surface area contributed by atoms with Gasteiger partial charge in [0.2, 0.25) is 0 Å². The molecule has 0 saturated carbocycles. The summed E-state index contributed by atoms with van der Waals surface area (Å²) in [5.74, 6) is 0.196. The summed E-state index contributed by atoms with van der Waals surface area (Å²) in [7, 11) is 1.35. The summed E-state index contributed by atoms with van der Waals surface area (Å²) < 4.78 is 5.93. The van der Waals surface area contributed by atoms with Gasteiger partial charge in [0.05, 0.1) is 18.9 Å². The van der Waals surface area contributed by atoms with Crippen molar-refractivity contribution in [3.63, 3.8) is 0 Å². The van der Waals surface area contributed by atoms with Crippen molar-refractivity contribution < 1.29 is 9.53 Å². The Bertz CT molecular complexity index is 1230. The molecule has 2 aromatic carbocycles. The van der Waals surface area contributed by atoms with Gasteiger partial charge in [-0.1, -0.05) is 47.6 Å². The molecule has 0 aliphatic carbocycles. The molecule has 4 rings (SSSR count). The average Bonchev–Trinajstić information content (AvgIpc) is 3.17. The van der Waals surface area contributed by atoms with E-state index >= 15 is 0 Å². The number of fused-ring (bicyclic) bond motifs is 1. The molecular formula is C20H15ClN4O3S. The maximum absolute atomic E-state index is 12.4. The van der Waals surface area contributed by atoms with Crippen LogP contribution in [0.3, 0.4) is 0 Å². The molecule has 0 atom stereocenters. The van der Waals surface area contributed by atoms with Gasteiger partial charge in [0.25, 0.3) is 0 Å². The highest BCUT2D eigenvalue weighted by atomic mass is 35.5. The lowest BCUT2D eigenvalue weighted by Crippen LogP contribution is -2.19. The Kier molecular flexibility index (Phi) is 5.37. The second-order valence-electron chi connectivity index (χ2n) is 6.12. The van der Waals surface area contributed by atoms with Crippen LogP contribution in [0, 0.1) is 0 Å². The molecule has 0 radical (unpaired) electrons. The van der Waals surface area contributed by atoms with E-state index in [9.17, 15) is 9.59 Å². The zero-order chi connectivity index (χ0) is 20.4. The molecule has 29 heavy (non-hydrogen) atoms. The van der Waals surface area contributed by atoms with Gasteiger partial charge < -0.3 is 4.74 Å². The van der Waals surface area contributed by atoms with E-state index < -0.39 is 0 Å². The first-order valence-electron chi connectivity index (χ1n) is 8.59. The fraction of sp³-hybridized carbons (Fsp3) is 0.100. The molecule has 0 unspecified atom stereocenters. The monoisotopic (exact) mass is 426 g/mol. The van der Waals surface area contributed by atoms with Crippen molar-refractivity contribution in [2.75, 3.05) is 7.11 Å². The minimum Gasteiger partial charge on any atom is -0.465 e. The number of benzene rings is 2. The summed E-state index contributed by atoms with van der Waals surface area (Å²) in [5, 5.41) is 5.25. The van der Waals surface area contributed by atoms with E-state index in [1.165, 1.54) is 23.4 Å². The zero-order valence-corrected chi connectivity index (χ0v) is 16.8. The Morgan fingerprint density at radius 2 is 1.90 bits per heavy atom. The molecule has 0 saturated heterocycles. The van der Waals surface area contributed by atoms with Crippen LogP contribution in [-0.2, 0) is 10.5 Å². The van der Waals surface area contributed by atoms with Crippen LogP contribution in [0.4, 0.5) is 0 Å². The van der Waals surface area contributed by atoms with Crippen molar-refractivity contribution in [1.29, 1.82) is 0 Å². The van der Waals surface area contributed by atoms with Gasteiger partial charge in [0.15, 0.2) is 10.8 Å². The molecule has 0 aliphatic heterocycles. The van der Waals surface area contributed by atoms with Gasteiger partial charge >= 0.3 is 11.7 Å². The van der Waals surface area contributed by atoms with Crippen LogP contribution in [-0.4, -0.2) is 32.7 Å². The van der Waals surface area contributed by atoms with Crippen LogP contribution in [0.15, 0.2) is 64.7 Å².